The van der Waals surface area contributed by atoms with E-state index in [2.05, 4.69) is 27.4 Å². The first kappa shape index (κ1) is 11.8. The van der Waals surface area contributed by atoms with Crippen molar-refractivity contribution in [2.75, 3.05) is 0 Å². The Bertz CT molecular complexity index is 91.9. The molecule has 3 nitrogen and oxygen atoms in total. The minimum atomic E-state index is -2.21. The maximum absolute atomic E-state index is 8.45. The smallest absolute Gasteiger partial charge is 0.328 e. The molecule has 1 atom stereocenters. The number of alkyl halides is 1. The molecule has 0 saturated heterocycles. The normalized spacial score (nSPS) is 13.9. The molecule has 11 heavy (non-hydrogen) atoms. The molecule has 0 aliphatic carbocycles. The third-order valence-corrected chi connectivity index (χ3v) is 2.62. The van der Waals surface area contributed by atoms with Gasteiger partial charge in [0.2, 0.25) is 0 Å². The molecule has 0 aromatic carbocycles. The van der Waals surface area contributed by atoms with E-state index in [1.807, 2.05) is 0 Å². The zero-order chi connectivity index (χ0) is 8.69. The Morgan fingerprint density at radius 1 is 1.45 bits per heavy atom. The molecule has 68 valence electrons. The first-order chi connectivity index (χ1) is 5.16. The predicted octanol–water partition coefficient (Wildman–Crippen LogP) is 2.52. The number of halogens is 1. The van der Waals surface area contributed by atoms with E-state index in [-0.39, 0.29) is 5.01 Å². The van der Waals surface area contributed by atoms with Gasteiger partial charge in [-0.1, -0.05) is 35.7 Å². The quantitative estimate of drug-likeness (QED) is 0.429. The average Bonchev–Trinajstić information content (AvgIpc) is 1.86. The maximum Gasteiger partial charge on any atom is 0.328 e. The van der Waals surface area contributed by atoms with E-state index in [1.165, 1.54) is 0 Å². The van der Waals surface area contributed by atoms with Gasteiger partial charge < -0.3 is 9.79 Å². The highest BCUT2D eigenvalue weighted by Gasteiger charge is 2.08. The second kappa shape index (κ2) is 7.44. The summed E-state index contributed by atoms with van der Waals surface area (Å²) >= 11 is 3.18. The lowest BCUT2D eigenvalue weighted by Gasteiger charge is -2.10. The second-order valence-electron chi connectivity index (χ2n) is 2.26. The van der Waals surface area contributed by atoms with Crippen molar-refractivity contribution in [1.29, 1.82) is 0 Å². The third-order valence-electron chi connectivity index (χ3n) is 1.24. The molecule has 0 aromatic heterocycles. The number of hydrogen-bond acceptors (Lipinski definition) is 3. The molecular formula is C6H14BrO3P. The largest absolute Gasteiger partial charge is 0.328 e. The van der Waals surface area contributed by atoms with Crippen LogP contribution >= 0.6 is 24.5 Å². The molecule has 0 aromatic rings. The molecule has 0 aliphatic heterocycles. The Kier molecular flexibility index (Phi) is 7.97. The van der Waals surface area contributed by atoms with Crippen molar-refractivity contribution in [3.63, 3.8) is 0 Å². The van der Waals surface area contributed by atoms with E-state index in [4.69, 9.17) is 9.79 Å². The van der Waals surface area contributed by atoms with Crippen LogP contribution in [0.15, 0.2) is 0 Å². The minimum absolute atomic E-state index is 0.213. The molecule has 0 spiro atoms. The SMILES string of the molecule is CCCCCC(Br)OP(O)O. The molecule has 1 unspecified atom stereocenters. The summed E-state index contributed by atoms with van der Waals surface area (Å²) < 4.78 is 4.69. The molecule has 0 bridgehead atoms. The van der Waals surface area contributed by atoms with E-state index in [9.17, 15) is 0 Å². The van der Waals surface area contributed by atoms with Gasteiger partial charge in [-0.15, -0.1) is 0 Å². The summed E-state index contributed by atoms with van der Waals surface area (Å²) in [5.41, 5.74) is 0. The van der Waals surface area contributed by atoms with Gasteiger partial charge in [0.05, 0.1) is 0 Å². The highest BCUT2D eigenvalue weighted by molar-refractivity contribution is 9.09. The van der Waals surface area contributed by atoms with Gasteiger partial charge in [0.15, 0.2) is 0 Å². The summed E-state index contributed by atoms with van der Waals surface area (Å²) in [6.45, 7) is 2.12. The maximum atomic E-state index is 8.45. The van der Waals surface area contributed by atoms with Crippen molar-refractivity contribution in [2.45, 2.75) is 37.6 Å². The van der Waals surface area contributed by atoms with Gasteiger partial charge >= 0.3 is 8.60 Å². The molecule has 0 saturated carbocycles. The van der Waals surface area contributed by atoms with Crippen LogP contribution in [0, 0.1) is 0 Å². The molecule has 0 heterocycles. The number of unbranched alkanes of at least 4 members (excludes halogenated alkanes) is 2. The van der Waals surface area contributed by atoms with Crippen LogP contribution in [0.5, 0.6) is 0 Å². The van der Waals surface area contributed by atoms with Crippen LogP contribution in [0.4, 0.5) is 0 Å². The van der Waals surface area contributed by atoms with Gasteiger partial charge in [0.25, 0.3) is 0 Å². The van der Waals surface area contributed by atoms with E-state index >= 15 is 0 Å². The van der Waals surface area contributed by atoms with Gasteiger partial charge in [-0.05, 0) is 12.8 Å². The summed E-state index contributed by atoms with van der Waals surface area (Å²) in [7, 11) is -2.21. The lowest BCUT2D eigenvalue weighted by molar-refractivity contribution is 0.229. The summed E-state index contributed by atoms with van der Waals surface area (Å²) in [4.78, 5) is 16.9. The van der Waals surface area contributed by atoms with Crippen LogP contribution in [0.25, 0.3) is 0 Å². The zero-order valence-electron chi connectivity index (χ0n) is 6.53. The van der Waals surface area contributed by atoms with Crippen LogP contribution < -0.4 is 0 Å². The van der Waals surface area contributed by atoms with Crippen LogP contribution in [0.1, 0.15) is 32.6 Å². The molecular weight excluding hydrogens is 231 g/mol. The average molecular weight is 245 g/mol. The number of hydrogen-bond donors (Lipinski definition) is 2. The Balaban J connectivity index is 3.15. The topological polar surface area (TPSA) is 49.7 Å². The highest BCUT2D eigenvalue weighted by atomic mass is 79.9. The van der Waals surface area contributed by atoms with Crippen LogP contribution in [0.2, 0.25) is 0 Å². The van der Waals surface area contributed by atoms with E-state index in [0.29, 0.717) is 0 Å². The monoisotopic (exact) mass is 244 g/mol. The molecule has 0 amide bonds. The van der Waals surface area contributed by atoms with Gasteiger partial charge in [-0.2, -0.15) is 0 Å². The van der Waals surface area contributed by atoms with Crippen molar-refractivity contribution in [2.24, 2.45) is 0 Å². The van der Waals surface area contributed by atoms with Crippen LogP contribution in [-0.2, 0) is 4.52 Å². The highest BCUT2D eigenvalue weighted by Crippen LogP contribution is 2.31. The Morgan fingerprint density at radius 2 is 2.09 bits per heavy atom. The summed E-state index contributed by atoms with van der Waals surface area (Å²) in [5, 5.41) is -0.213. The van der Waals surface area contributed by atoms with Crippen molar-refractivity contribution < 1.29 is 14.3 Å². The van der Waals surface area contributed by atoms with Crippen molar-refractivity contribution in [3.05, 3.63) is 0 Å². The fourth-order valence-electron chi connectivity index (χ4n) is 0.710. The molecule has 0 rings (SSSR count). The lowest BCUT2D eigenvalue weighted by atomic mass is 10.2. The zero-order valence-corrected chi connectivity index (χ0v) is 9.01. The fraction of sp³-hybridized carbons (Fsp3) is 1.00. The van der Waals surface area contributed by atoms with Crippen molar-refractivity contribution >= 4 is 24.5 Å². The molecule has 5 heteroatoms. The molecule has 0 fully saturated rings. The summed E-state index contributed by atoms with van der Waals surface area (Å²) in [6, 6.07) is 0. The Hall–Kier alpha value is 0.790. The van der Waals surface area contributed by atoms with E-state index < -0.39 is 8.60 Å². The minimum Gasteiger partial charge on any atom is -0.328 e. The van der Waals surface area contributed by atoms with E-state index in [1.54, 1.807) is 0 Å². The van der Waals surface area contributed by atoms with Gasteiger partial charge in [0.1, 0.15) is 5.01 Å². The first-order valence-electron chi connectivity index (χ1n) is 3.65. The van der Waals surface area contributed by atoms with Crippen molar-refractivity contribution in [1.82, 2.24) is 0 Å². The summed E-state index contributed by atoms with van der Waals surface area (Å²) in [6.07, 6.45) is 4.19. The van der Waals surface area contributed by atoms with Crippen molar-refractivity contribution in [3.8, 4) is 0 Å². The third kappa shape index (κ3) is 8.70. The van der Waals surface area contributed by atoms with Gasteiger partial charge in [0, 0.05) is 0 Å². The van der Waals surface area contributed by atoms with Gasteiger partial charge in [-0.3, -0.25) is 4.52 Å². The number of rotatable bonds is 6. The second-order valence-corrected chi connectivity index (χ2v) is 4.00. The van der Waals surface area contributed by atoms with Gasteiger partial charge in [-0.25, -0.2) is 0 Å². The molecule has 2 N–H and O–H groups in total. The van der Waals surface area contributed by atoms with Crippen LogP contribution in [0.3, 0.4) is 0 Å². The first-order valence-corrected chi connectivity index (χ1v) is 5.73. The Labute approximate surface area is 76.9 Å². The lowest BCUT2D eigenvalue weighted by Crippen LogP contribution is -1.99. The molecule has 0 radical (unpaired) electrons. The van der Waals surface area contributed by atoms with E-state index in [0.717, 1.165) is 25.7 Å². The van der Waals surface area contributed by atoms with Crippen LogP contribution in [-0.4, -0.2) is 14.8 Å². The predicted molar refractivity (Wildman–Crippen MR) is 49.3 cm³/mol. The molecule has 0 aliphatic rings. The Morgan fingerprint density at radius 3 is 2.55 bits per heavy atom. The fourth-order valence-corrected chi connectivity index (χ4v) is 1.79. The summed E-state index contributed by atoms with van der Waals surface area (Å²) in [5.74, 6) is 0. The standard InChI is InChI=1S/C6H14BrO3P/c1-2-3-4-5-6(7)10-11(8)9/h6,8-9H,2-5H2,1H3.